The normalized spacial score (nSPS) is 12.9. The van der Waals surface area contributed by atoms with Crippen LogP contribution in [0.4, 0.5) is 14.5 Å². The lowest BCUT2D eigenvalue weighted by molar-refractivity contribution is -0.137. The van der Waals surface area contributed by atoms with E-state index >= 15 is 0 Å². The summed E-state index contributed by atoms with van der Waals surface area (Å²) in [6, 6.07) is 7.20. The van der Waals surface area contributed by atoms with Gasteiger partial charge in [0.15, 0.2) is 30.6 Å². The van der Waals surface area contributed by atoms with Gasteiger partial charge in [-0.1, -0.05) is 0 Å². The molecule has 0 spiro atoms. The van der Waals surface area contributed by atoms with Gasteiger partial charge < -0.3 is 19.5 Å². The molecule has 0 aliphatic carbocycles. The van der Waals surface area contributed by atoms with Crippen molar-refractivity contribution in [1.82, 2.24) is 0 Å². The zero-order valence-corrected chi connectivity index (χ0v) is 15.2. The number of ketones is 1. The number of nitrogens with zero attached hydrogens (tertiary/aromatic N) is 1. The van der Waals surface area contributed by atoms with E-state index in [1.54, 1.807) is 0 Å². The van der Waals surface area contributed by atoms with E-state index in [4.69, 9.17) is 14.6 Å². The van der Waals surface area contributed by atoms with Crippen LogP contribution in [0.1, 0.15) is 23.2 Å². The standard InChI is InChI=1S/C20H17F2NO6/c21-13-4-6-17(14(22)9-13)28-10-16(24)12-3-5-18-15(8-12)23(19(25)11-29-18)7-1-2-20(26)27/h3-6,8-9H,1-2,7,10-11H2,(H,26,27). The molecule has 1 aliphatic heterocycles. The molecule has 0 atom stereocenters. The average molecular weight is 405 g/mol. The first-order valence-corrected chi connectivity index (χ1v) is 8.75. The number of carbonyl (C=O) groups is 3. The molecule has 0 fully saturated rings. The van der Waals surface area contributed by atoms with Crippen molar-refractivity contribution in [2.24, 2.45) is 0 Å². The number of aliphatic carboxylic acids is 1. The average Bonchev–Trinajstić information content (AvgIpc) is 2.68. The lowest BCUT2D eigenvalue weighted by Gasteiger charge is -2.29. The summed E-state index contributed by atoms with van der Waals surface area (Å²) in [4.78, 5) is 36.7. The molecule has 0 aromatic heterocycles. The topological polar surface area (TPSA) is 93.1 Å². The molecule has 7 nitrogen and oxygen atoms in total. The molecule has 0 saturated carbocycles. The number of benzene rings is 2. The molecule has 0 bridgehead atoms. The molecule has 29 heavy (non-hydrogen) atoms. The fraction of sp³-hybridized carbons (Fsp3) is 0.250. The van der Waals surface area contributed by atoms with Crippen LogP contribution in [0.3, 0.4) is 0 Å². The van der Waals surface area contributed by atoms with Crippen molar-refractivity contribution in [2.75, 3.05) is 24.7 Å². The first kappa shape index (κ1) is 20.2. The first-order valence-electron chi connectivity index (χ1n) is 8.75. The first-order chi connectivity index (χ1) is 13.8. The number of Topliss-reactive ketones (excluding diaryl/α,β-unsaturated/α-hetero) is 1. The van der Waals surface area contributed by atoms with Gasteiger partial charge in [-0.15, -0.1) is 0 Å². The number of rotatable bonds is 8. The highest BCUT2D eigenvalue weighted by molar-refractivity contribution is 6.02. The second kappa shape index (κ2) is 8.68. The highest BCUT2D eigenvalue weighted by atomic mass is 19.1. The van der Waals surface area contributed by atoms with Crippen LogP contribution in [0.5, 0.6) is 11.5 Å². The fourth-order valence-corrected chi connectivity index (χ4v) is 2.83. The number of carbonyl (C=O) groups excluding carboxylic acids is 2. The summed E-state index contributed by atoms with van der Waals surface area (Å²) in [6.07, 6.45) is 0.140. The lowest BCUT2D eigenvalue weighted by Crippen LogP contribution is -2.39. The largest absolute Gasteiger partial charge is 0.482 e. The zero-order valence-electron chi connectivity index (χ0n) is 15.2. The third-order valence-corrected chi connectivity index (χ3v) is 4.25. The number of hydrogen-bond acceptors (Lipinski definition) is 5. The third-order valence-electron chi connectivity index (χ3n) is 4.25. The maximum atomic E-state index is 13.6. The van der Waals surface area contributed by atoms with E-state index in [0.717, 1.165) is 12.1 Å². The molecule has 1 heterocycles. The van der Waals surface area contributed by atoms with Gasteiger partial charge in [-0.25, -0.2) is 8.78 Å². The van der Waals surface area contributed by atoms with Crippen LogP contribution in [0.25, 0.3) is 0 Å². The molecule has 0 saturated heterocycles. The Hall–Kier alpha value is -3.49. The van der Waals surface area contributed by atoms with Crippen molar-refractivity contribution in [3.05, 3.63) is 53.6 Å². The summed E-state index contributed by atoms with van der Waals surface area (Å²) in [5, 5.41) is 8.77. The molecular formula is C20H17F2NO6. The molecule has 2 aromatic carbocycles. The van der Waals surface area contributed by atoms with Gasteiger partial charge in [0.25, 0.3) is 5.91 Å². The van der Waals surface area contributed by atoms with Gasteiger partial charge in [-0.2, -0.15) is 0 Å². The highest BCUT2D eigenvalue weighted by Crippen LogP contribution is 2.33. The number of fused-ring (bicyclic) bond motifs is 1. The number of amides is 1. The van der Waals surface area contributed by atoms with Gasteiger partial charge in [-0.05, 0) is 36.8 Å². The molecule has 3 rings (SSSR count). The van der Waals surface area contributed by atoms with E-state index in [1.165, 1.54) is 23.1 Å². The minimum atomic E-state index is -0.972. The monoisotopic (exact) mass is 405 g/mol. The Kier molecular flexibility index (Phi) is 6.06. The Morgan fingerprint density at radius 2 is 1.97 bits per heavy atom. The van der Waals surface area contributed by atoms with E-state index in [1.807, 2.05) is 0 Å². The summed E-state index contributed by atoms with van der Waals surface area (Å²) in [7, 11) is 0. The van der Waals surface area contributed by atoms with E-state index in [0.29, 0.717) is 17.5 Å². The molecule has 1 aliphatic rings. The van der Waals surface area contributed by atoms with Crippen molar-refractivity contribution in [2.45, 2.75) is 12.8 Å². The number of anilines is 1. The number of halogens is 2. The van der Waals surface area contributed by atoms with Crippen molar-refractivity contribution < 1.29 is 37.7 Å². The van der Waals surface area contributed by atoms with Gasteiger partial charge in [0, 0.05) is 24.6 Å². The minimum Gasteiger partial charge on any atom is -0.482 e. The summed E-state index contributed by atoms with van der Waals surface area (Å²) >= 11 is 0. The Morgan fingerprint density at radius 3 is 2.69 bits per heavy atom. The number of ether oxygens (including phenoxy) is 2. The molecule has 2 aromatic rings. The van der Waals surface area contributed by atoms with Crippen LogP contribution < -0.4 is 14.4 Å². The quantitative estimate of drug-likeness (QED) is 0.679. The maximum absolute atomic E-state index is 13.6. The highest BCUT2D eigenvalue weighted by Gasteiger charge is 2.26. The number of carboxylic acids is 1. The van der Waals surface area contributed by atoms with Gasteiger partial charge >= 0.3 is 5.97 Å². The summed E-state index contributed by atoms with van der Waals surface area (Å²) < 4.78 is 37.0. The lowest BCUT2D eigenvalue weighted by atomic mass is 10.1. The summed E-state index contributed by atoms with van der Waals surface area (Å²) in [5.74, 6) is -3.36. The molecular weight excluding hydrogens is 388 g/mol. The SMILES string of the molecule is O=C(O)CCCN1C(=O)COc2ccc(C(=O)COc3ccc(F)cc3F)cc21. The van der Waals surface area contributed by atoms with E-state index in [2.05, 4.69) is 0 Å². The molecule has 0 unspecified atom stereocenters. The molecule has 0 radical (unpaired) electrons. The Balaban J connectivity index is 1.73. The zero-order chi connectivity index (χ0) is 21.0. The predicted octanol–water partition coefficient (Wildman–Crippen LogP) is 2.82. The van der Waals surface area contributed by atoms with Gasteiger partial charge in [0.05, 0.1) is 5.69 Å². The van der Waals surface area contributed by atoms with Crippen LogP contribution in [0.15, 0.2) is 36.4 Å². The Morgan fingerprint density at radius 1 is 1.17 bits per heavy atom. The van der Waals surface area contributed by atoms with E-state index in [-0.39, 0.29) is 43.2 Å². The smallest absolute Gasteiger partial charge is 0.303 e. The van der Waals surface area contributed by atoms with Gasteiger partial charge in [0.1, 0.15) is 11.6 Å². The summed E-state index contributed by atoms with van der Waals surface area (Å²) in [5.41, 5.74) is 0.554. The predicted molar refractivity (Wildman–Crippen MR) is 97.3 cm³/mol. The Labute approximate surface area is 164 Å². The molecule has 1 amide bonds. The minimum absolute atomic E-state index is 0.102. The van der Waals surface area contributed by atoms with Crippen LogP contribution in [-0.4, -0.2) is 42.5 Å². The van der Waals surface area contributed by atoms with Crippen LogP contribution in [0.2, 0.25) is 0 Å². The van der Waals surface area contributed by atoms with Crippen LogP contribution >= 0.6 is 0 Å². The maximum Gasteiger partial charge on any atom is 0.303 e. The van der Waals surface area contributed by atoms with E-state index < -0.39 is 30.0 Å². The third kappa shape index (κ3) is 4.87. The number of hydrogen-bond donors (Lipinski definition) is 1. The van der Waals surface area contributed by atoms with Crippen molar-refractivity contribution >= 4 is 23.3 Å². The number of carboxylic acid groups (broad SMARTS) is 1. The molecule has 1 N–H and O–H groups in total. The molecule has 152 valence electrons. The van der Waals surface area contributed by atoms with Crippen molar-refractivity contribution in [1.29, 1.82) is 0 Å². The van der Waals surface area contributed by atoms with Gasteiger partial charge in [-0.3, -0.25) is 14.4 Å². The molecule has 9 heteroatoms. The Bertz CT molecular complexity index is 962. The van der Waals surface area contributed by atoms with Crippen molar-refractivity contribution in [3.8, 4) is 11.5 Å². The summed E-state index contributed by atoms with van der Waals surface area (Å²) in [6.45, 7) is -0.508. The van der Waals surface area contributed by atoms with Crippen molar-refractivity contribution in [3.63, 3.8) is 0 Å². The van der Waals surface area contributed by atoms with Gasteiger partial charge in [0.2, 0.25) is 0 Å². The second-order valence-electron chi connectivity index (χ2n) is 6.30. The van der Waals surface area contributed by atoms with Crippen LogP contribution in [-0.2, 0) is 9.59 Å². The second-order valence-corrected chi connectivity index (χ2v) is 6.30. The van der Waals surface area contributed by atoms with Crippen LogP contribution in [0, 0.1) is 11.6 Å². The van der Waals surface area contributed by atoms with E-state index in [9.17, 15) is 23.2 Å². The fourth-order valence-electron chi connectivity index (χ4n) is 2.83.